The zero-order valence-electron chi connectivity index (χ0n) is 9.49. The Morgan fingerprint density at radius 2 is 1.78 bits per heavy atom. The van der Waals surface area contributed by atoms with Crippen molar-refractivity contribution in [1.29, 1.82) is 0 Å². The Balaban J connectivity index is 2.88. The molecule has 0 radical (unpaired) electrons. The van der Waals surface area contributed by atoms with Crippen LogP contribution >= 0.6 is 22.6 Å². The van der Waals surface area contributed by atoms with E-state index in [-0.39, 0.29) is 6.42 Å². The fourth-order valence-corrected chi connectivity index (χ4v) is 1.89. The standard InChI is InChI=1S/C11H14INO5/c12-9-3-1-8(2-4-9)10(16)5-11(6-14,7-15)13(17)18/h1-4,10,14-16H,5-7H2. The normalized spacial score (nSPS) is 13.3. The van der Waals surface area contributed by atoms with Crippen LogP contribution in [0.15, 0.2) is 24.3 Å². The van der Waals surface area contributed by atoms with Crippen LogP contribution in [0.2, 0.25) is 0 Å². The number of halogens is 1. The lowest BCUT2D eigenvalue weighted by molar-refractivity contribution is -0.580. The number of nitrogens with zero attached hydrogens (tertiary/aromatic N) is 1. The van der Waals surface area contributed by atoms with Gasteiger partial charge >= 0.3 is 0 Å². The summed E-state index contributed by atoms with van der Waals surface area (Å²) >= 11 is 2.10. The summed E-state index contributed by atoms with van der Waals surface area (Å²) in [7, 11) is 0. The van der Waals surface area contributed by atoms with Gasteiger partial charge in [0.1, 0.15) is 13.2 Å². The smallest absolute Gasteiger partial charge is 0.270 e. The van der Waals surface area contributed by atoms with E-state index in [1.807, 2.05) is 0 Å². The lowest BCUT2D eigenvalue weighted by atomic mass is 9.91. The SMILES string of the molecule is O=[N+]([O-])C(CO)(CO)CC(O)c1ccc(I)cc1. The highest BCUT2D eigenvalue weighted by atomic mass is 127. The summed E-state index contributed by atoms with van der Waals surface area (Å²) < 4.78 is 0.980. The lowest BCUT2D eigenvalue weighted by Gasteiger charge is -2.23. The highest BCUT2D eigenvalue weighted by Gasteiger charge is 2.44. The van der Waals surface area contributed by atoms with Crippen molar-refractivity contribution in [2.24, 2.45) is 0 Å². The van der Waals surface area contributed by atoms with Gasteiger partial charge in [0.25, 0.3) is 5.54 Å². The number of aliphatic hydroxyl groups excluding tert-OH is 3. The maximum atomic E-state index is 10.9. The van der Waals surface area contributed by atoms with Crippen LogP contribution in [0, 0.1) is 13.7 Å². The molecule has 0 saturated carbocycles. The van der Waals surface area contributed by atoms with Crippen LogP contribution in [0.25, 0.3) is 0 Å². The molecule has 1 rings (SSSR count). The van der Waals surface area contributed by atoms with Crippen molar-refractivity contribution in [2.45, 2.75) is 18.1 Å². The minimum atomic E-state index is -1.91. The third kappa shape index (κ3) is 3.37. The minimum absolute atomic E-state index is 0.340. The quantitative estimate of drug-likeness (QED) is 0.391. The Kier molecular flexibility index (Phi) is 5.45. The van der Waals surface area contributed by atoms with E-state index >= 15 is 0 Å². The predicted octanol–water partition coefficient (Wildman–Crippen LogP) is 0.715. The summed E-state index contributed by atoms with van der Waals surface area (Å²) in [5, 5.41) is 39.0. The number of aliphatic hydroxyl groups is 3. The third-order valence-corrected chi connectivity index (χ3v) is 3.52. The fraction of sp³-hybridized carbons (Fsp3) is 0.455. The lowest BCUT2D eigenvalue weighted by Crippen LogP contribution is -2.47. The first-order valence-corrected chi connectivity index (χ1v) is 6.33. The molecule has 7 heteroatoms. The van der Waals surface area contributed by atoms with Crippen LogP contribution in [0.1, 0.15) is 18.1 Å². The van der Waals surface area contributed by atoms with Crippen molar-refractivity contribution in [3.63, 3.8) is 0 Å². The molecule has 6 nitrogen and oxygen atoms in total. The zero-order valence-corrected chi connectivity index (χ0v) is 11.6. The molecule has 1 unspecified atom stereocenters. The topological polar surface area (TPSA) is 104 Å². The van der Waals surface area contributed by atoms with Crippen LogP contribution in [-0.4, -0.2) is 39.0 Å². The minimum Gasteiger partial charge on any atom is -0.389 e. The van der Waals surface area contributed by atoms with E-state index in [2.05, 4.69) is 22.6 Å². The second-order valence-corrected chi connectivity index (χ2v) is 5.31. The van der Waals surface area contributed by atoms with Crippen LogP contribution in [0.3, 0.4) is 0 Å². The van der Waals surface area contributed by atoms with Crippen molar-refractivity contribution in [3.05, 3.63) is 43.5 Å². The molecule has 0 aliphatic carbocycles. The molecule has 0 aromatic heterocycles. The largest absolute Gasteiger partial charge is 0.389 e. The maximum absolute atomic E-state index is 10.9. The highest BCUT2D eigenvalue weighted by Crippen LogP contribution is 2.26. The van der Waals surface area contributed by atoms with Gasteiger partial charge in [-0.1, -0.05) is 12.1 Å². The second kappa shape index (κ2) is 6.41. The molecule has 0 aliphatic rings. The van der Waals surface area contributed by atoms with Crippen LogP contribution in [0.5, 0.6) is 0 Å². The van der Waals surface area contributed by atoms with Gasteiger partial charge in [0.2, 0.25) is 0 Å². The van der Waals surface area contributed by atoms with Gasteiger partial charge in [-0.2, -0.15) is 0 Å². The monoisotopic (exact) mass is 367 g/mol. The maximum Gasteiger partial charge on any atom is 0.270 e. The molecule has 0 bridgehead atoms. The van der Waals surface area contributed by atoms with Gasteiger partial charge in [-0.05, 0) is 40.3 Å². The summed E-state index contributed by atoms with van der Waals surface area (Å²) in [6.45, 7) is -1.64. The van der Waals surface area contributed by atoms with Crippen molar-refractivity contribution in [2.75, 3.05) is 13.2 Å². The van der Waals surface area contributed by atoms with Crippen LogP contribution in [-0.2, 0) is 0 Å². The summed E-state index contributed by atoms with van der Waals surface area (Å²) in [5.74, 6) is 0. The van der Waals surface area contributed by atoms with Gasteiger partial charge in [0.15, 0.2) is 0 Å². The number of benzene rings is 1. The summed E-state index contributed by atoms with van der Waals surface area (Å²) in [6.07, 6.45) is -1.44. The van der Waals surface area contributed by atoms with E-state index in [0.29, 0.717) is 5.56 Å². The Morgan fingerprint density at radius 3 is 2.17 bits per heavy atom. The van der Waals surface area contributed by atoms with Crippen molar-refractivity contribution in [1.82, 2.24) is 0 Å². The van der Waals surface area contributed by atoms with Gasteiger partial charge in [0.05, 0.1) is 12.5 Å². The van der Waals surface area contributed by atoms with Gasteiger partial charge in [-0.3, -0.25) is 10.1 Å². The highest BCUT2D eigenvalue weighted by molar-refractivity contribution is 14.1. The van der Waals surface area contributed by atoms with Gasteiger partial charge in [-0.25, -0.2) is 0 Å². The van der Waals surface area contributed by atoms with Crippen molar-refractivity contribution in [3.8, 4) is 0 Å². The first-order chi connectivity index (χ1) is 8.45. The molecular weight excluding hydrogens is 353 g/mol. The molecule has 0 aliphatic heterocycles. The van der Waals surface area contributed by atoms with Gasteiger partial charge < -0.3 is 15.3 Å². The first kappa shape index (κ1) is 15.3. The molecule has 100 valence electrons. The summed E-state index contributed by atoms with van der Waals surface area (Å²) in [4.78, 5) is 10.1. The Morgan fingerprint density at radius 1 is 1.28 bits per heavy atom. The van der Waals surface area contributed by atoms with E-state index in [4.69, 9.17) is 10.2 Å². The van der Waals surface area contributed by atoms with Gasteiger partial charge in [-0.15, -0.1) is 0 Å². The second-order valence-electron chi connectivity index (χ2n) is 4.07. The first-order valence-electron chi connectivity index (χ1n) is 5.25. The number of nitro groups is 1. The molecule has 0 fully saturated rings. The van der Waals surface area contributed by atoms with Gasteiger partial charge in [0, 0.05) is 8.49 Å². The average molecular weight is 367 g/mol. The summed E-state index contributed by atoms with van der Waals surface area (Å²) in [6, 6.07) is 6.85. The molecule has 1 aromatic rings. The Labute approximate surface area is 118 Å². The van der Waals surface area contributed by atoms with E-state index in [9.17, 15) is 15.2 Å². The van der Waals surface area contributed by atoms with E-state index in [0.717, 1.165) is 3.57 Å². The number of hydrogen-bond acceptors (Lipinski definition) is 5. The van der Waals surface area contributed by atoms with Crippen molar-refractivity contribution < 1.29 is 20.2 Å². The van der Waals surface area contributed by atoms with Crippen LogP contribution < -0.4 is 0 Å². The zero-order chi connectivity index (χ0) is 13.8. The molecule has 0 saturated heterocycles. The molecule has 18 heavy (non-hydrogen) atoms. The third-order valence-electron chi connectivity index (χ3n) is 2.80. The Hall–Kier alpha value is -0.770. The molecule has 0 amide bonds. The summed E-state index contributed by atoms with van der Waals surface area (Å²) in [5.41, 5.74) is -1.40. The molecule has 0 heterocycles. The average Bonchev–Trinajstić information content (AvgIpc) is 2.36. The van der Waals surface area contributed by atoms with E-state index in [1.54, 1.807) is 24.3 Å². The molecule has 1 atom stereocenters. The number of rotatable bonds is 6. The molecule has 3 N–H and O–H groups in total. The molecule has 0 spiro atoms. The molecular formula is C11H14INO5. The van der Waals surface area contributed by atoms with Crippen molar-refractivity contribution >= 4 is 22.6 Å². The van der Waals surface area contributed by atoms with E-state index in [1.165, 1.54) is 0 Å². The fourth-order valence-electron chi connectivity index (χ4n) is 1.53. The Bertz CT molecular complexity index is 404. The number of hydrogen-bond donors (Lipinski definition) is 3. The predicted molar refractivity (Wildman–Crippen MR) is 72.6 cm³/mol. The van der Waals surface area contributed by atoms with E-state index < -0.39 is 29.8 Å². The molecule has 1 aromatic carbocycles. The van der Waals surface area contributed by atoms with Crippen LogP contribution in [0.4, 0.5) is 0 Å².